The summed E-state index contributed by atoms with van der Waals surface area (Å²) in [4.78, 5) is 13.5. The van der Waals surface area contributed by atoms with Crippen molar-refractivity contribution in [1.82, 2.24) is 5.32 Å². The summed E-state index contributed by atoms with van der Waals surface area (Å²) in [6.45, 7) is 6.37. The largest absolute Gasteiger partial charge is 0.489 e. The molecule has 4 heteroatoms. The number of likely N-dealkylation sites (N-methyl/N-ethyl adjacent to an activating group) is 1. The SMILES string of the molecule is CC(C)c1ccc(OCc2cccc(C(=O)NCC[NH+](C)C)c2)cc1. The predicted molar refractivity (Wildman–Crippen MR) is 101 cm³/mol. The molecule has 0 heterocycles. The van der Waals surface area contributed by atoms with E-state index in [9.17, 15) is 4.79 Å². The molecule has 0 bridgehead atoms. The van der Waals surface area contributed by atoms with Crippen LogP contribution in [0.4, 0.5) is 0 Å². The molecule has 2 aromatic rings. The predicted octanol–water partition coefficient (Wildman–Crippen LogP) is 2.26. The third kappa shape index (κ3) is 6.24. The number of benzene rings is 2. The van der Waals surface area contributed by atoms with Crippen molar-refractivity contribution in [3.8, 4) is 5.75 Å². The first-order valence-electron chi connectivity index (χ1n) is 8.84. The molecule has 0 spiro atoms. The number of hydrogen-bond acceptors (Lipinski definition) is 2. The molecule has 2 N–H and O–H groups in total. The topological polar surface area (TPSA) is 42.8 Å². The smallest absolute Gasteiger partial charge is 0.251 e. The molecular weight excluding hydrogens is 312 g/mol. The number of hydrogen-bond donors (Lipinski definition) is 2. The lowest BCUT2D eigenvalue weighted by molar-refractivity contribution is -0.856. The van der Waals surface area contributed by atoms with Crippen LogP contribution in [0.25, 0.3) is 0 Å². The van der Waals surface area contributed by atoms with E-state index in [-0.39, 0.29) is 5.91 Å². The van der Waals surface area contributed by atoms with Crippen molar-refractivity contribution in [3.63, 3.8) is 0 Å². The highest BCUT2D eigenvalue weighted by Gasteiger charge is 2.07. The minimum Gasteiger partial charge on any atom is -0.489 e. The van der Waals surface area contributed by atoms with Crippen LogP contribution >= 0.6 is 0 Å². The third-order valence-electron chi connectivity index (χ3n) is 4.05. The van der Waals surface area contributed by atoms with Gasteiger partial charge in [-0.05, 0) is 41.3 Å². The summed E-state index contributed by atoms with van der Waals surface area (Å²) in [7, 11) is 4.13. The second kappa shape index (κ2) is 9.23. The van der Waals surface area contributed by atoms with Gasteiger partial charge in [0.2, 0.25) is 0 Å². The highest BCUT2D eigenvalue weighted by atomic mass is 16.5. The Balaban J connectivity index is 1.91. The maximum Gasteiger partial charge on any atom is 0.251 e. The lowest BCUT2D eigenvalue weighted by Gasteiger charge is -2.11. The van der Waals surface area contributed by atoms with E-state index >= 15 is 0 Å². The van der Waals surface area contributed by atoms with Gasteiger partial charge in [-0.25, -0.2) is 0 Å². The number of amides is 1. The monoisotopic (exact) mass is 341 g/mol. The first-order valence-corrected chi connectivity index (χ1v) is 8.84. The normalized spacial score (nSPS) is 11.0. The fourth-order valence-electron chi connectivity index (χ4n) is 2.45. The Hall–Kier alpha value is -2.33. The summed E-state index contributed by atoms with van der Waals surface area (Å²) < 4.78 is 5.84. The maximum atomic E-state index is 12.2. The molecule has 25 heavy (non-hydrogen) atoms. The summed E-state index contributed by atoms with van der Waals surface area (Å²) in [5.41, 5.74) is 2.95. The van der Waals surface area contributed by atoms with Gasteiger partial charge in [-0.1, -0.05) is 38.1 Å². The highest BCUT2D eigenvalue weighted by molar-refractivity contribution is 5.94. The summed E-state index contributed by atoms with van der Waals surface area (Å²) in [6, 6.07) is 15.8. The maximum absolute atomic E-state index is 12.2. The molecule has 0 saturated carbocycles. The second-order valence-electron chi connectivity index (χ2n) is 6.93. The Labute approximate surface area is 150 Å². The molecule has 2 aromatic carbocycles. The van der Waals surface area contributed by atoms with Crippen molar-refractivity contribution >= 4 is 5.91 Å². The molecule has 0 saturated heterocycles. The molecule has 0 atom stereocenters. The molecule has 1 amide bonds. The molecule has 0 unspecified atom stereocenters. The minimum absolute atomic E-state index is 0.0376. The Morgan fingerprint density at radius 2 is 1.84 bits per heavy atom. The summed E-state index contributed by atoms with van der Waals surface area (Å²) in [6.07, 6.45) is 0. The number of carbonyl (C=O) groups excluding carboxylic acids is 1. The molecule has 0 fully saturated rings. The van der Waals surface area contributed by atoms with Crippen LogP contribution < -0.4 is 15.0 Å². The fraction of sp³-hybridized carbons (Fsp3) is 0.381. The van der Waals surface area contributed by atoms with Crippen LogP contribution in [-0.2, 0) is 6.61 Å². The van der Waals surface area contributed by atoms with Gasteiger partial charge in [0, 0.05) is 5.56 Å². The van der Waals surface area contributed by atoms with Crippen molar-refractivity contribution in [1.29, 1.82) is 0 Å². The van der Waals surface area contributed by atoms with E-state index in [1.165, 1.54) is 10.5 Å². The van der Waals surface area contributed by atoms with Crippen molar-refractivity contribution in [2.45, 2.75) is 26.4 Å². The van der Waals surface area contributed by atoms with Gasteiger partial charge in [-0.15, -0.1) is 0 Å². The van der Waals surface area contributed by atoms with Gasteiger partial charge in [0.25, 0.3) is 5.91 Å². The summed E-state index contributed by atoms with van der Waals surface area (Å²) in [5, 5.41) is 2.95. The molecule has 0 aliphatic heterocycles. The van der Waals surface area contributed by atoms with Gasteiger partial charge in [0.15, 0.2) is 0 Å². The van der Waals surface area contributed by atoms with Crippen molar-refractivity contribution in [3.05, 3.63) is 65.2 Å². The molecule has 134 valence electrons. The standard InChI is InChI=1S/C21H28N2O2/c1-16(2)18-8-10-20(11-9-18)25-15-17-6-5-7-19(14-17)21(24)22-12-13-23(3)4/h5-11,14,16H,12-13,15H2,1-4H3,(H,22,24)/p+1. The number of ether oxygens (including phenoxy) is 1. The Morgan fingerprint density at radius 1 is 1.12 bits per heavy atom. The van der Waals surface area contributed by atoms with Crippen LogP contribution in [0.3, 0.4) is 0 Å². The van der Waals surface area contributed by atoms with Gasteiger partial charge >= 0.3 is 0 Å². The van der Waals surface area contributed by atoms with E-state index in [2.05, 4.69) is 45.4 Å². The summed E-state index contributed by atoms with van der Waals surface area (Å²) in [5.74, 6) is 1.32. The van der Waals surface area contributed by atoms with E-state index in [4.69, 9.17) is 4.74 Å². The third-order valence-corrected chi connectivity index (χ3v) is 4.05. The second-order valence-corrected chi connectivity index (χ2v) is 6.93. The zero-order chi connectivity index (χ0) is 18.2. The quantitative estimate of drug-likeness (QED) is 0.773. The molecular formula is C21H29N2O2+. The number of rotatable bonds is 8. The van der Waals surface area contributed by atoms with Gasteiger partial charge in [0.1, 0.15) is 12.4 Å². The van der Waals surface area contributed by atoms with Gasteiger partial charge in [0.05, 0.1) is 27.2 Å². The lowest BCUT2D eigenvalue weighted by atomic mass is 10.0. The fourth-order valence-corrected chi connectivity index (χ4v) is 2.45. The van der Waals surface area contributed by atoms with E-state index in [0.29, 0.717) is 24.6 Å². The minimum atomic E-state index is -0.0376. The molecule has 0 radical (unpaired) electrons. The summed E-state index contributed by atoms with van der Waals surface area (Å²) >= 11 is 0. The van der Waals surface area contributed by atoms with Gasteiger partial charge in [-0.2, -0.15) is 0 Å². The van der Waals surface area contributed by atoms with Crippen LogP contribution in [0.2, 0.25) is 0 Å². The Morgan fingerprint density at radius 3 is 2.48 bits per heavy atom. The molecule has 0 aromatic heterocycles. The number of quaternary nitrogens is 1. The van der Waals surface area contributed by atoms with Crippen molar-refractivity contribution in [2.75, 3.05) is 27.2 Å². The van der Waals surface area contributed by atoms with Crippen LogP contribution in [-0.4, -0.2) is 33.1 Å². The Kier molecular flexibility index (Phi) is 7.02. The molecule has 0 aliphatic rings. The van der Waals surface area contributed by atoms with E-state index in [1.54, 1.807) is 0 Å². The van der Waals surface area contributed by atoms with Crippen LogP contribution in [0.15, 0.2) is 48.5 Å². The average molecular weight is 341 g/mol. The van der Waals surface area contributed by atoms with Crippen LogP contribution in [0.5, 0.6) is 5.75 Å². The van der Waals surface area contributed by atoms with Gasteiger partial charge < -0.3 is 15.0 Å². The molecule has 4 nitrogen and oxygen atoms in total. The van der Waals surface area contributed by atoms with Crippen LogP contribution in [0, 0.1) is 0 Å². The number of carbonyl (C=O) groups is 1. The van der Waals surface area contributed by atoms with Crippen LogP contribution in [0.1, 0.15) is 41.3 Å². The van der Waals surface area contributed by atoms with E-state index in [1.807, 2.05) is 36.4 Å². The molecule has 2 rings (SSSR count). The average Bonchev–Trinajstić information content (AvgIpc) is 2.60. The first-order chi connectivity index (χ1) is 12.0. The Bertz CT molecular complexity index is 679. The lowest BCUT2D eigenvalue weighted by Crippen LogP contribution is -3.06. The van der Waals surface area contributed by atoms with Crippen molar-refractivity contribution in [2.24, 2.45) is 0 Å². The molecule has 0 aliphatic carbocycles. The number of nitrogens with one attached hydrogen (secondary N) is 2. The van der Waals surface area contributed by atoms with Gasteiger partial charge in [-0.3, -0.25) is 4.79 Å². The zero-order valence-corrected chi connectivity index (χ0v) is 15.6. The zero-order valence-electron chi connectivity index (χ0n) is 15.6. The van der Waals surface area contributed by atoms with E-state index in [0.717, 1.165) is 17.9 Å². The first kappa shape index (κ1) is 19.0. The highest BCUT2D eigenvalue weighted by Crippen LogP contribution is 2.19. The van der Waals surface area contributed by atoms with E-state index < -0.39 is 0 Å². The van der Waals surface area contributed by atoms with Crippen molar-refractivity contribution < 1.29 is 14.4 Å².